The summed E-state index contributed by atoms with van der Waals surface area (Å²) in [5.41, 5.74) is 5.19. The number of aliphatic hydroxyl groups excluding tert-OH is 2. The van der Waals surface area contributed by atoms with E-state index in [1.165, 1.54) is 17.5 Å². The monoisotopic (exact) mass is 416 g/mol. The van der Waals surface area contributed by atoms with Gasteiger partial charge in [0, 0.05) is 28.7 Å². The third-order valence-corrected chi connectivity index (χ3v) is 6.86. The van der Waals surface area contributed by atoms with Crippen LogP contribution in [0.15, 0.2) is 49.1 Å². The van der Waals surface area contributed by atoms with Crippen molar-refractivity contribution in [2.75, 3.05) is 0 Å². The van der Waals surface area contributed by atoms with Crippen molar-refractivity contribution < 1.29 is 14.9 Å². The standard InChI is InChI=1S/C24H24N4O3/c29-22-16(9-21(23(22)30)28-6-5-17-10-25-13-26-24(17)28)4-2-14-1-3-15-8-18-11-31-12-20(18)27-19(15)7-14/h1,3,5-8,10,13,16,21-23,29-30H,2,4,9,11-12H2/t16-,21+,22+,23-/m0/s1. The van der Waals surface area contributed by atoms with Crippen LogP contribution < -0.4 is 0 Å². The van der Waals surface area contributed by atoms with Gasteiger partial charge in [0.05, 0.1) is 36.6 Å². The molecule has 0 saturated heterocycles. The summed E-state index contributed by atoms with van der Waals surface area (Å²) < 4.78 is 7.48. The van der Waals surface area contributed by atoms with Gasteiger partial charge in [-0.15, -0.1) is 0 Å². The van der Waals surface area contributed by atoms with Crippen molar-refractivity contribution in [3.8, 4) is 0 Å². The van der Waals surface area contributed by atoms with E-state index >= 15 is 0 Å². The second-order valence-corrected chi connectivity index (χ2v) is 8.72. The first kappa shape index (κ1) is 18.9. The Morgan fingerprint density at radius 2 is 2.00 bits per heavy atom. The van der Waals surface area contributed by atoms with Crippen LogP contribution in [-0.4, -0.2) is 41.9 Å². The third kappa shape index (κ3) is 3.20. The van der Waals surface area contributed by atoms with E-state index in [1.807, 2.05) is 16.8 Å². The Labute approximate surface area is 179 Å². The van der Waals surface area contributed by atoms with Gasteiger partial charge >= 0.3 is 0 Å². The normalized spacial score (nSPS) is 25.5. The molecule has 0 spiro atoms. The summed E-state index contributed by atoms with van der Waals surface area (Å²) in [5, 5.41) is 23.6. The Morgan fingerprint density at radius 3 is 2.94 bits per heavy atom. The van der Waals surface area contributed by atoms with Crippen molar-refractivity contribution in [2.45, 2.75) is 50.7 Å². The summed E-state index contributed by atoms with van der Waals surface area (Å²) in [6, 6.07) is 10.3. The van der Waals surface area contributed by atoms with Crippen molar-refractivity contribution in [3.05, 3.63) is 65.9 Å². The first-order chi connectivity index (χ1) is 15.2. The molecule has 1 aromatic carbocycles. The van der Waals surface area contributed by atoms with E-state index in [-0.39, 0.29) is 12.0 Å². The molecule has 2 aliphatic rings. The third-order valence-electron chi connectivity index (χ3n) is 6.86. The molecule has 2 N–H and O–H groups in total. The maximum Gasteiger partial charge on any atom is 0.143 e. The maximum absolute atomic E-state index is 10.8. The number of benzene rings is 1. The summed E-state index contributed by atoms with van der Waals surface area (Å²) in [4.78, 5) is 13.2. The van der Waals surface area contributed by atoms with E-state index in [9.17, 15) is 10.2 Å². The van der Waals surface area contributed by atoms with E-state index in [1.54, 1.807) is 6.20 Å². The smallest absolute Gasteiger partial charge is 0.143 e. The van der Waals surface area contributed by atoms with Gasteiger partial charge < -0.3 is 19.5 Å². The number of nitrogens with zero attached hydrogens (tertiary/aromatic N) is 4. The molecule has 0 bridgehead atoms. The zero-order valence-electron chi connectivity index (χ0n) is 17.1. The van der Waals surface area contributed by atoms with Crippen LogP contribution in [0.1, 0.15) is 35.7 Å². The minimum Gasteiger partial charge on any atom is -0.390 e. The molecule has 1 aliphatic heterocycles. The van der Waals surface area contributed by atoms with Crippen LogP contribution in [0.2, 0.25) is 0 Å². The number of hydrogen-bond donors (Lipinski definition) is 2. The molecule has 4 aromatic rings. The zero-order valence-corrected chi connectivity index (χ0v) is 17.1. The lowest BCUT2D eigenvalue weighted by Crippen LogP contribution is -2.29. The van der Waals surface area contributed by atoms with Gasteiger partial charge in [0.2, 0.25) is 0 Å². The van der Waals surface area contributed by atoms with E-state index in [2.05, 4.69) is 34.2 Å². The number of aryl methyl sites for hydroxylation is 1. The molecule has 6 rings (SSSR count). The predicted octanol–water partition coefficient (Wildman–Crippen LogP) is 2.93. The average Bonchev–Trinajstić information content (AvgIpc) is 3.49. The van der Waals surface area contributed by atoms with Crippen LogP contribution in [0.25, 0.3) is 21.9 Å². The quantitative estimate of drug-likeness (QED) is 0.531. The van der Waals surface area contributed by atoms with Gasteiger partial charge in [-0.3, -0.25) is 0 Å². The highest BCUT2D eigenvalue weighted by Gasteiger charge is 2.42. The Kier molecular flexibility index (Phi) is 4.49. The molecular weight excluding hydrogens is 392 g/mol. The summed E-state index contributed by atoms with van der Waals surface area (Å²) >= 11 is 0. The van der Waals surface area contributed by atoms with Gasteiger partial charge in [-0.1, -0.05) is 12.1 Å². The second-order valence-electron chi connectivity index (χ2n) is 8.72. The zero-order chi connectivity index (χ0) is 20.9. The Balaban J connectivity index is 1.20. The lowest BCUT2D eigenvalue weighted by Gasteiger charge is -2.18. The van der Waals surface area contributed by atoms with Crippen LogP contribution in [0, 0.1) is 5.92 Å². The topological polar surface area (TPSA) is 93.3 Å². The number of aromatic nitrogens is 4. The molecule has 31 heavy (non-hydrogen) atoms. The number of rotatable bonds is 4. The first-order valence-electron chi connectivity index (χ1n) is 10.8. The molecule has 0 unspecified atom stereocenters. The Hall–Kier alpha value is -2.87. The van der Waals surface area contributed by atoms with Gasteiger partial charge in [-0.25, -0.2) is 15.0 Å². The second kappa shape index (κ2) is 7.37. The molecule has 4 atom stereocenters. The van der Waals surface area contributed by atoms with E-state index in [0.717, 1.165) is 40.5 Å². The van der Waals surface area contributed by atoms with Crippen molar-refractivity contribution in [2.24, 2.45) is 5.92 Å². The van der Waals surface area contributed by atoms with Crippen molar-refractivity contribution >= 4 is 21.9 Å². The summed E-state index contributed by atoms with van der Waals surface area (Å²) in [6.07, 6.45) is 6.02. The molecule has 1 saturated carbocycles. The Morgan fingerprint density at radius 1 is 1.06 bits per heavy atom. The minimum absolute atomic E-state index is 0.0244. The minimum atomic E-state index is -0.809. The van der Waals surface area contributed by atoms with Crippen LogP contribution in [0.3, 0.4) is 0 Å². The van der Waals surface area contributed by atoms with Crippen molar-refractivity contribution in [3.63, 3.8) is 0 Å². The van der Waals surface area contributed by atoms with Gasteiger partial charge in [-0.2, -0.15) is 0 Å². The largest absolute Gasteiger partial charge is 0.390 e. The van der Waals surface area contributed by atoms with Crippen LogP contribution in [0.5, 0.6) is 0 Å². The lowest BCUT2D eigenvalue weighted by atomic mass is 9.95. The number of pyridine rings is 1. The van der Waals surface area contributed by atoms with Gasteiger partial charge in [0.1, 0.15) is 18.1 Å². The first-order valence-corrected chi connectivity index (χ1v) is 10.8. The van der Waals surface area contributed by atoms with Crippen LogP contribution in [-0.2, 0) is 24.4 Å². The van der Waals surface area contributed by atoms with Crippen LogP contribution >= 0.6 is 0 Å². The fourth-order valence-corrected chi connectivity index (χ4v) is 5.14. The molecule has 0 amide bonds. The molecule has 3 aromatic heterocycles. The Bertz CT molecular complexity index is 1270. The highest BCUT2D eigenvalue weighted by Crippen LogP contribution is 2.39. The molecule has 158 valence electrons. The summed E-state index contributed by atoms with van der Waals surface area (Å²) in [6.45, 7) is 1.23. The number of aliphatic hydroxyl groups is 2. The number of fused-ring (bicyclic) bond motifs is 3. The molecular formula is C24H24N4O3. The van der Waals surface area contributed by atoms with E-state index < -0.39 is 12.2 Å². The fraction of sp³-hybridized carbons (Fsp3) is 0.375. The molecule has 1 aliphatic carbocycles. The fourth-order valence-electron chi connectivity index (χ4n) is 5.14. The molecule has 4 heterocycles. The summed E-state index contributed by atoms with van der Waals surface area (Å²) in [7, 11) is 0. The van der Waals surface area contributed by atoms with Gasteiger partial charge in [0.15, 0.2) is 0 Å². The van der Waals surface area contributed by atoms with Crippen molar-refractivity contribution in [1.82, 2.24) is 19.5 Å². The molecule has 1 fully saturated rings. The maximum atomic E-state index is 10.8. The molecule has 7 nitrogen and oxygen atoms in total. The molecule has 0 radical (unpaired) electrons. The van der Waals surface area contributed by atoms with Crippen molar-refractivity contribution in [1.29, 1.82) is 0 Å². The number of ether oxygens (including phenoxy) is 1. The van der Waals surface area contributed by atoms with Crippen LogP contribution in [0.4, 0.5) is 0 Å². The van der Waals surface area contributed by atoms with E-state index in [0.29, 0.717) is 19.6 Å². The van der Waals surface area contributed by atoms with E-state index in [4.69, 9.17) is 9.72 Å². The van der Waals surface area contributed by atoms with Gasteiger partial charge in [-0.05, 0) is 48.9 Å². The average molecular weight is 416 g/mol. The summed E-state index contributed by atoms with van der Waals surface area (Å²) in [5.74, 6) is 0.0244. The highest BCUT2D eigenvalue weighted by atomic mass is 16.5. The molecule has 7 heteroatoms. The lowest BCUT2D eigenvalue weighted by molar-refractivity contribution is 0.00545. The predicted molar refractivity (Wildman–Crippen MR) is 115 cm³/mol. The number of hydrogen-bond acceptors (Lipinski definition) is 6. The highest BCUT2D eigenvalue weighted by molar-refractivity contribution is 5.80. The SMILES string of the molecule is O[C@@H]1[C@@H](CCc2ccc3cc4c(nc3c2)COC4)C[C@@H](n2ccc3cncnc32)[C@@H]1O. The van der Waals surface area contributed by atoms with Gasteiger partial charge in [0.25, 0.3) is 0 Å².